The fourth-order valence-electron chi connectivity index (χ4n) is 2.21. The van der Waals surface area contributed by atoms with E-state index in [-0.39, 0.29) is 11.3 Å². The molecule has 1 fully saturated rings. The van der Waals surface area contributed by atoms with Crippen molar-refractivity contribution < 1.29 is 9.72 Å². The van der Waals surface area contributed by atoms with Gasteiger partial charge in [-0.05, 0) is 30.9 Å². The highest BCUT2D eigenvalue weighted by Crippen LogP contribution is 2.29. The molecule has 18 heavy (non-hydrogen) atoms. The summed E-state index contributed by atoms with van der Waals surface area (Å²) in [5.74, 6) is 0.713. The van der Waals surface area contributed by atoms with Crippen LogP contribution in [0.2, 0.25) is 0 Å². The molecule has 2 rings (SSSR count). The quantitative estimate of drug-likeness (QED) is 0.456. The molecule has 1 aliphatic rings. The van der Waals surface area contributed by atoms with Gasteiger partial charge in [-0.25, -0.2) is 0 Å². The number of carbonyl (C=O) groups excluding carboxylic acids is 1. The Bertz CT molecular complexity index is 469. The largest absolute Gasteiger partial charge is 0.374 e. The van der Waals surface area contributed by atoms with Gasteiger partial charge in [-0.3, -0.25) is 14.9 Å². The van der Waals surface area contributed by atoms with Crippen LogP contribution in [0.15, 0.2) is 18.2 Å². The fraction of sp³-hybridized carbons (Fsp3) is 0.462. The zero-order valence-electron chi connectivity index (χ0n) is 10.3. The predicted octanol–water partition coefficient (Wildman–Crippen LogP) is 2.64. The van der Waals surface area contributed by atoms with Crippen molar-refractivity contribution in [3.63, 3.8) is 0 Å². The van der Waals surface area contributed by atoms with Crippen molar-refractivity contribution in [3.05, 3.63) is 33.9 Å². The minimum atomic E-state index is -0.528. The van der Waals surface area contributed by atoms with E-state index in [0.29, 0.717) is 12.2 Å². The second-order valence-electron chi connectivity index (χ2n) is 4.80. The number of aldehydes is 1. The van der Waals surface area contributed by atoms with E-state index in [0.717, 1.165) is 12.2 Å². The van der Waals surface area contributed by atoms with E-state index >= 15 is 0 Å². The molecular formula is C13H16N2O3. The van der Waals surface area contributed by atoms with Gasteiger partial charge >= 0.3 is 0 Å². The molecule has 1 aliphatic carbocycles. The van der Waals surface area contributed by atoms with Crippen LogP contribution in [0.3, 0.4) is 0 Å². The first kappa shape index (κ1) is 12.5. The highest BCUT2D eigenvalue weighted by molar-refractivity contribution is 5.83. The fourth-order valence-corrected chi connectivity index (χ4v) is 2.21. The van der Waals surface area contributed by atoms with Crippen LogP contribution in [0.4, 0.5) is 11.4 Å². The predicted molar refractivity (Wildman–Crippen MR) is 69.1 cm³/mol. The summed E-state index contributed by atoms with van der Waals surface area (Å²) < 4.78 is 0. The Hall–Kier alpha value is -1.91. The summed E-state index contributed by atoms with van der Waals surface area (Å²) in [6.45, 7) is 0.941. The normalized spacial score (nSPS) is 14.9. The molecule has 0 unspecified atom stereocenters. The smallest absolute Gasteiger partial charge is 0.280 e. The lowest BCUT2D eigenvalue weighted by Crippen LogP contribution is -2.29. The molecule has 1 aromatic carbocycles. The van der Waals surface area contributed by atoms with Crippen molar-refractivity contribution in [2.75, 3.05) is 18.5 Å². The lowest BCUT2D eigenvalue weighted by molar-refractivity contribution is -0.385. The minimum Gasteiger partial charge on any atom is -0.374 e. The van der Waals surface area contributed by atoms with E-state index in [4.69, 9.17) is 0 Å². The van der Waals surface area contributed by atoms with Gasteiger partial charge in [0.25, 0.3) is 5.69 Å². The van der Waals surface area contributed by atoms with Crippen LogP contribution in [-0.2, 0) is 0 Å². The van der Waals surface area contributed by atoms with Gasteiger partial charge in [0.1, 0.15) is 0 Å². The number of anilines is 1. The van der Waals surface area contributed by atoms with E-state index in [9.17, 15) is 14.9 Å². The van der Waals surface area contributed by atoms with Gasteiger partial charge < -0.3 is 4.90 Å². The third-order valence-electron chi connectivity index (χ3n) is 3.53. The Morgan fingerprint density at radius 3 is 2.72 bits per heavy atom. The standard InChI is InChI=1S/C13H16N2O3/c1-14(8-10-3-2-4-10)12-5-6-13(15(17)18)11(7-12)9-16/h5-7,9-10H,2-4,8H2,1H3. The molecule has 0 aromatic heterocycles. The monoisotopic (exact) mass is 248 g/mol. The average molecular weight is 248 g/mol. The van der Waals surface area contributed by atoms with E-state index in [1.54, 1.807) is 12.1 Å². The van der Waals surface area contributed by atoms with Crippen LogP contribution in [0.1, 0.15) is 29.6 Å². The molecule has 5 nitrogen and oxygen atoms in total. The molecule has 0 heterocycles. The van der Waals surface area contributed by atoms with Gasteiger partial charge in [0.05, 0.1) is 10.5 Å². The van der Waals surface area contributed by atoms with Crippen LogP contribution >= 0.6 is 0 Å². The maximum absolute atomic E-state index is 10.9. The number of carbonyl (C=O) groups is 1. The number of hydrogen-bond donors (Lipinski definition) is 0. The Kier molecular flexibility index (Phi) is 3.60. The molecule has 0 amide bonds. The maximum atomic E-state index is 10.9. The first-order valence-electron chi connectivity index (χ1n) is 6.06. The molecule has 0 spiro atoms. The second kappa shape index (κ2) is 5.16. The lowest BCUT2D eigenvalue weighted by atomic mass is 9.85. The van der Waals surface area contributed by atoms with Gasteiger partial charge in [-0.15, -0.1) is 0 Å². The van der Waals surface area contributed by atoms with Gasteiger partial charge in [0.15, 0.2) is 6.29 Å². The van der Waals surface area contributed by atoms with Crippen molar-refractivity contribution in [1.82, 2.24) is 0 Å². The number of benzene rings is 1. The summed E-state index contributed by atoms with van der Waals surface area (Å²) in [7, 11) is 1.95. The SMILES string of the molecule is CN(CC1CCC1)c1ccc([N+](=O)[O-])c(C=O)c1. The second-order valence-corrected chi connectivity index (χ2v) is 4.80. The number of nitrogens with zero attached hydrogens (tertiary/aromatic N) is 2. The zero-order valence-corrected chi connectivity index (χ0v) is 10.3. The molecule has 0 saturated heterocycles. The third-order valence-corrected chi connectivity index (χ3v) is 3.53. The Labute approximate surface area is 106 Å². The summed E-state index contributed by atoms with van der Waals surface area (Å²) in [5.41, 5.74) is 0.860. The summed E-state index contributed by atoms with van der Waals surface area (Å²) >= 11 is 0. The first-order chi connectivity index (χ1) is 8.61. The molecule has 5 heteroatoms. The van der Waals surface area contributed by atoms with Gasteiger partial charge in [-0.1, -0.05) is 6.42 Å². The van der Waals surface area contributed by atoms with Crippen molar-refractivity contribution in [3.8, 4) is 0 Å². The first-order valence-corrected chi connectivity index (χ1v) is 6.06. The number of hydrogen-bond acceptors (Lipinski definition) is 4. The van der Waals surface area contributed by atoms with Crippen LogP contribution < -0.4 is 4.90 Å². The summed E-state index contributed by atoms with van der Waals surface area (Å²) in [4.78, 5) is 23.1. The van der Waals surface area contributed by atoms with Gasteiger partial charge in [0.2, 0.25) is 0 Å². The molecule has 0 atom stereocenters. The van der Waals surface area contributed by atoms with Crippen molar-refractivity contribution >= 4 is 17.7 Å². The maximum Gasteiger partial charge on any atom is 0.280 e. The van der Waals surface area contributed by atoms with E-state index in [1.807, 2.05) is 7.05 Å². The van der Waals surface area contributed by atoms with E-state index < -0.39 is 4.92 Å². The molecule has 1 saturated carbocycles. The third kappa shape index (κ3) is 2.50. The molecule has 0 aliphatic heterocycles. The van der Waals surface area contributed by atoms with E-state index in [2.05, 4.69) is 4.90 Å². The highest BCUT2D eigenvalue weighted by atomic mass is 16.6. The molecule has 0 bridgehead atoms. The Morgan fingerprint density at radius 2 is 2.22 bits per heavy atom. The molecular weight excluding hydrogens is 232 g/mol. The lowest BCUT2D eigenvalue weighted by Gasteiger charge is -2.31. The molecule has 96 valence electrons. The molecule has 1 aromatic rings. The van der Waals surface area contributed by atoms with Gasteiger partial charge in [0, 0.05) is 25.3 Å². The zero-order chi connectivity index (χ0) is 13.1. The molecule has 0 N–H and O–H groups in total. The number of nitro groups is 1. The van der Waals surface area contributed by atoms with Crippen LogP contribution in [0.25, 0.3) is 0 Å². The highest BCUT2D eigenvalue weighted by Gasteiger charge is 2.20. The van der Waals surface area contributed by atoms with Crippen LogP contribution in [0.5, 0.6) is 0 Å². The molecule has 0 radical (unpaired) electrons. The average Bonchev–Trinajstić information content (AvgIpc) is 2.32. The Morgan fingerprint density at radius 1 is 1.50 bits per heavy atom. The number of rotatable bonds is 5. The Balaban J connectivity index is 2.17. The van der Waals surface area contributed by atoms with Crippen molar-refractivity contribution in [1.29, 1.82) is 0 Å². The van der Waals surface area contributed by atoms with Gasteiger partial charge in [-0.2, -0.15) is 0 Å². The summed E-state index contributed by atoms with van der Waals surface area (Å²) in [6, 6.07) is 4.68. The topological polar surface area (TPSA) is 63.4 Å². The van der Waals surface area contributed by atoms with E-state index in [1.165, 1.54) is 25.3 Å². The summed E-state index contributed by atoms with van der Waals surface area (Å²) in [6.07, 6.45) is 4.33. The number of nitro benzene ring substituents is 1. The van der Waals surface area contributed by atoms with Crippen LogP contribution in [0, 0.1) is 16.0 Å². The van der Waals surface area contributed by atoms with Crippen LogP contribution in [-0.4, -0.2) is 24.8 Å². The minimum absolute atomic E-state index is 0.134. The summed E-state index contributed by atoms with van der Waals surface area (Å²) in [5, 5.41) is 10.7. The van der Waals surface area contributed by atoms with Crippen molar-refractivity contribution in [2.45, 2.75) is 19.3 Å². The van der Waals surface area contributed by atoms with Crippen molar-refractivity contribution in [2.24, 2.45) is 5.92 Å².